The Morgan fingerprint density at radius 3 is 3.10 bits per heavy atom. The van der Waals surface area contributed by atoms with Crippen LogP contribution in [0.2, 0.25) is 5.02 Å². The van der Waals surface area contributed by atoms with E-state index in [1.807, 2.05) is 11.8 Å². The first kappa shape index (κ1) is 14.4. The molecule has 2 heterocycles. The Balaban J connectivity index is 1.98. The summed E-state index contributed by atoms with van der Waals surface area (Å²) in [4.78, 5) is 21.5. The monoisotopic (exact) mass is 307 g/mol. The molecule has 1 fully saturated rings. The summed E-state index contributed by atoms with van der Waals surface area (Å²) in [5, 5.41) is 10.9. The number of piperidine rings is 1. The minimum atomic E-state index is -0.352. The van der Waals surface area contributed by atoms with Crippen molar-refractivity contribution in [1.29, 1.82) is 0 Å². The summed E-state index contributed by atoms with van der Waals surface area (Å²) in [6.07, 6.45) is 1.62. The maximum atomic E-state index is 12.2. The molecule has 1 aliphatic rings. The number of rotatable bonds is 2. The molecule has 21 heavy (non-hydrogen) atoms. The Morgan fingerprint density at radius 1 is 1.52 bits per heavy atom. The largest absolute Gasteiger partial charge is 0.393 e. The number of H-pyrrole nitrogens is 1. The van der Waals surface area contributed by atoms with Gasteiger partial charge in [-0.2, -0.15) is 0 Å². The number of hydrogen-bond acceptors (Lipinski definition) is 4. The summed E-state index contributed by atoms with van der Waals surface area (Å²) in [7, 11) is 0. The van der Waals surface area contributed by atoms with Crippen molar-refractivity contribution in [3.8, 4) is 0 Å². The van der Waals surface area contributed by atoms with Gasteiger partial charge in [-0.25, -0.2) is 4.98 Å². The van der Waals surface area contributed by atoms with Crippen molar-refractivity contribution < 1.29 is 5.11 Å². The van der Waals surface area contributed by atoms with E-state index in [0.717, 1.165) is 19.4 Å². The third-order valence-corrected chi connectivity index (χ3v) is 4.33. The number of aliphatic hydroxyl groups excluding tert-OH is 1. The highest BCUT2D eigenvalue weighted by atomic mass is 35.5. The third-order valence-electron chi connectivity index (χ3n) is 4.10. The summed E-state index contributed by atoms with van der Waals surface area (Å²) >= 11 is 5.97. The van der Waals surface area contributed by atoms with Crippen LogP contribution in [-0.2, 0) is 0 Å². The van der Waals surface area contributed by atoms with E-state index in [1.54, 1.807) is 18.2 Å². The predicted octanol–water partition coefficient (Wildman–Crippen LogP) is 2.17. The molecule has 0 radical (unpaired) electrons. The molecule has 3 rings (SSSR count). The molecule has 0 spiro atoms. The second-order valence-electron chi connectivity index (χ2n) is 5.64. The zero-order valence-electron chi connectivity index (χ0n) is 11.8. The highest BCUT2D eigenvalue weighted by Crippen LogP contribution is 2.23. The SMILES string of the molecule is CC(O)C1CCCN(c2nc3cc(Cl)ccc3c(=O)[nH]2)C1. The molecule has 0 saturated carbocycles. The van der Waals surface area contributed by atoms with Crippen LogP contribution in [0.15, 0.2) is 23.0 Å². The predicted molar refractivity (Wildman–Crippen MR) is 84.0 cm³/mol. The first-order valence-corrected chi connectivity index (χ1v) is 7.55. The van der Waals surface area contributed by atoms with Crippen molar-refractivity contribution in [1.82, 2.24) is 9.97 Å². The van der Waals surface area contributed by atoms with E-state index in [9.17, 15) is 9.90 Å². The second kappa shape index (κ2) is 5.66. The molecular weight excluding hydrogens is 290 g/mol. The van der Waals surface area contributed by atoms with Crippen LogP contribution in [0.4, 0.5) is 5.95 Å². The fraction of sp³-hybridized carbons (Fsp3) is 0.467. The lowest BCUT2D eigenvalue weighted by atomic mass is 9.94. The van der Waals surface area contributed by atoms with E-state index >= 15 is 0 Å². The number of benzene rings is 1. The highest BCUT2D eigenvalue weighted by molar-refractivity contribution is 6.31. The highest BCUT2D eigenvalue weighted by Gasteiger charge is 2.25. The van der Waals surface area contributed by atoms with Gasteiger partial charge in [0, 0.05) is 24.0 Å². The van der Waals surface area contributed by atoms with Crippen molar-refractivity contribution in [3.05, 3.63) is 33.6 Å². The van der Waals surface area contributed by atoms with Crippen molar-refractivity contribution in [2.24, 2.45) is 5.92 Å². The molecule has 1 aromatic heterocycles. The molecule has 112 valence electrons. The maximum absolute atomic E-state index is 12.2. The molecule has 0 aliphatic carbocycles. The van der Waals surface area contributed by atoms with Crippen molar-refractivity contribution >= 4 is 28.5 Å². The number of nitrogens with zero attached hydrogens (tertiary/aromatic N) is 2. The number of hydrogen-bond donors (Lipinski definition) is 2. The number of aromatic nitrogens is 2. The topological polar surface area (TPSA) is 69.2 Å². The summed E-state index contributed by atoms with van der Waals surface area (Å²) in [6, 6.07) is 5.07. The fourth-order valence-electron chi connectivity index (χ4n) is 2.85. The number of halogens is 1. The summed E-state index contributed by atoms with van der Waals surface area (Å²) in [5.41, 5.74) is 0.436. The zero-order valence-corrected chi connectivity index (χ0v) is 12.6. The van der Waals surface area contributed by atoms with Gasteiger partial charge in [-0.05, 0) is 38.0 Å². The fourth-order valence-corrected chi connectivity index (χ4v) is 3.01. The number of anilines is 1. The van der Waals surface area contributed by atoms with E-state index in [-0.39, 0.29) is 17.6 Å². The molecular formula is C15H18ClN3O2. The molecule has 0 bridgehead atoms. The molecule has 2 N–H and O–H groups in total. The molecule has 2 atom stereocenters. The van der Waals surface area contributed by atoms with Gasteiger partial charge in [0.1, 0.15) is 0 Å². The van der Waals surface area contributed by atoms with Gasteiger partial charge >= 0.3 is 0 Å². The normalized spacial score (nSPS) is 20.7. The molecule has 2 unspecified atom stereocenters. The first-order valence-electron chi connectivity index (χ1n) is 7.17. The lowest BCUT2D eigenvalue weighted by Crippen LogP contribution is -2.41. The average molecular weight is 308 g/mol. The molecule has 1 aromatic carbocycles. The van der Waals surface area contributed by atoms with Gasteiger partial charge in [0.2, 0.25) is 5.95 Å². The van der Waals surface area contributed by atoms with Crippen LogP contribution in [0, 0.1) is 5.92 Å². The minimum absolute atomic E-state index is 0.161. The number of fused-ring (bicyclic) bond motifs is 1. The van der Waals surface area contributed by atoms with Gasteiger partial charge in [0.25, 0.3) is 5.56 Å². The number of nitrogens with one attached hydrogen (secondary N) is 1. The molecule has 0 amide bonds. The summed E-state index contributed by atoms with van der Waals surface area (Å²) < 4.78 is 0. The Morgan fingerprint density at radius 2 is 2.33 bits per heavy atom. The Labute approximate surface area is 127 Å². The number of aromatic amines is 1. The van der Waals surface area contributed by atoms with Crippen molar-refractivity contribution in [2.75, 3.05) is 18.0 Å². The zero-order chi connectivity index (χ0) is 15.0. The number of aliphatic hydroxyl groups is 1. The van der Waals surface area contributed by atoms with Gasteiger partial charge in [-0.15, -0.1) is 0 Å². The van der Waals surface area contributed by atoms with Crippen LogP contribution in [0.3, 0.4) is 0 Å². The smallest absolute Gasteiger partial charge is 0.260 e. The maximum Gasteiger partial charge on any atom is 0.260 e. The first-order chi connectivity index (χ1) is 10.0. The van der Waals surface area contributed by atoms with E-state index in [0.29, 0.717) is 28.4 Å². The average Bonchev–Trinajstić information content (AvgIpc) is 2.46. The quantitative estimate of drug-likeness (QED) is 0.892. The summed E-state index contributed by atoms with van der Waals surface area (Å²) in [5.74, 6) is 0.763. The third kappa shape index (κ3) is 2.89. The van der Waals surface area contributed by atoms with E-state index in [2.05, 4.69) is 9.97 Å². The Kier molecular flexibility index (Phi) is 3.87. The van der Waals surface area contributed by atoms with Crippen LogP contribution < -0.4 is 10.5 Å². The summed E-state index contributed by atoms with van der Waals surface area (Å²) in [6.45, 7) is 3.34. The Bertz CT molecular complexity index is 714. The van der Waals surface area contributed by atoms with Crippen LogP contribution >= 0.6 is 11.6 Å². The van der Waals surface area contributed by atoms with Crippen molar-refractivity contribution in [2.45, 2.75) is 25.9 Å². The van der Waals surface area contributed by atoms with Crippen LogP contribution in [-0.4, -0.2) is 34.3 Å². The molecule has 1 saturated heterocycles. The van der Waals surface area contributed by atoms with E-state index < -0.39 is 0 Å². The van der Waals surface area contributed by atoms with E-state index in [4.69, 9.17) is 11.6 Å². The van der Waals surface area contributed by atoms with Crippen LogP contribution in [0.1, 0.15) is 19.8 Å². The van der Waals surface area contributed by atoms with Gasteiger partial charge in [-0.1, -0.05) is 11.6 Å². The van der Waals surface area contributed by atoms with Gasteiger partial charge in [0.05, 0.1) is 17.0 Å². The Hall–Kier alpha value is -1.59. The van der Waals surface area contributed by atoms with Gasteiger partial charge in [0.15, 0.2) is 0 Å². The molecule has 2 aromatic rings. The standard InChI is InChI=1S/C15H18ClN3O2/c1-9(20)10-3-2-6-19(8-10)15-17-13-7-11(16)4-5-12(13)14(21)18-15/h4-5,7,9-10,20H,2-3,6,8H2,1H3,(H,17,18,21). The molecule has 5 nitrogen and oxygen atoms in total. The molecule has 1 aliphatic heterocycles. The minimum Gasteiger partial charge on any atom is -0.393 e. The lowest BCUT2D eigenvalue weighted by molar-refractivity contribution is 0.114. The van der Waals surface area contributed by atoms with Crippen LogP contribution in [0.5, 0.6) is 0 Å². The van der Waals surface area contributed by atoms with Crippen LogP contribution in [0.25, 0.3) is 10.9 Å². The van der Waals surface area contributed by atoms with Gasteiger partial charge < -0.3 is 10.0 Å². The van der Waals surface area contributed by atoms with Gasteiger partial charge in [-0.3, -0.25) is 9.78 Å². The second-order valence-corrected chi connectivity index (χ2v) is 6.08. The lowest BCUT2D eigenvalue weighted by Gasteiger charge is -2.34. The molecule has 6 heteroatoms. The van der Waals surface area contributed by atoms with Crippen molar-refractivity contribution in [3.63, 3.8) is 0 Å². The van der Waals surface area contributed by atoms with E-state index in [1.165, 1.54) is 0 Å².